The molecule has 0 radical (unpaired) electrons. The van der Waals surface area contributed by atoms with E-state index in [1.165, 1.54) is 12.1 Å². The van der Waals surface area contributed by atoms with Crippen molar-refractivity contribution in [2.45, 2.75) is 0 Å². The highest BCUT2D eigenvalue weighted by atomic mass is 32.2. The molecule has 0 unspecified atom stereocenters. The van der Waals surface area contributed by atoms with E-state index >= 15 is 0 Å². The van der Waals surface area contributed by atoms with Crippen molar-refractivity contribution in [2.24, 2.45) is 0 Å². The Kier molecular flexibility index (Phi) is 2.63. The van der Waals surface area contributed by atoms with E-state index in [1.807, 2.05) is 0 Å². The van der Waals surface area contributed by atoms with E-state index in [0.29, 0.717) is 0 Å². The van der Waals surface area contributed by atoms with Gasteiger partial charge in [0.25, 0.3) is 0 Å². The van der Waals surface area contributed by atoms with E-state index in [2.05, 4.69) is 8.83 Å². The van der Waals surface area contributed by atoms with Gasteiger partial charge in [0.05, 0.1) is 32.3 Å². The van der Waals surface area contributed by atoms with Crippen LogP contribution in [-0.4, -0.2) is 4.55 Å². The molecule has 0 aliphatic rings. The van der Waals surface area contributed by atoms with Gasteiger partial charge in [-0.2, -0.15) is 0 Å². The molecule has 9 heteroatoms. The van der Waals surface area contributed by atoms with Gasteiger partial charge in [-0.05, 0) is 22.9 Å². The molecule has 5 aromatic rings. The molecule has 2 aromatic carbocycles. The van der Waals surface area contributed by atoms with Crippen LogP contribution in [0.4, 0.5) is 0 Å². The molecule has 5 rings (SSSR count). The SMILES string of the molecule is O=c1oc(=O)c2cc3c(cc12)c(=O)c1cc2c(=O)oc(=O)c2cc1[s+]3[O-]. The van der Waals surface area contributed by atoms with Crippen LogP contribution in [0.1, 0.15) is 0 Å². The Morgan fingerprint density at radius 3 is 1.31 bits per heavy atom. The van der Waals surface area contributed by atoms with Crippen LogP contribution in [0.3, 0.4) is 0 Å². The Morgan fingerprint density at radius 2 is 0.923 bits per heavy atom. The molecular formula is C17H4O8S. The zero-order valence-corrected chi connectivity index (χ0v) is 13.3. The first-order chi connectivity index (χ1) is 12.4. The zero-order valence-electron chi connectivity index (χ0n) is 12.5. The summed E-state index contributed by atoms with van der Waals surface area (Å²) in [6.07, 6.45) is 0. The number of hydrogen-bond donors (Lipinski definition) is 0. The van der Waals surface area contributed by atoms with Crippen LogP contribution in [0.2, 0.25) is 0 Å². The third-order valence-electron chi connectivity index (χ3n) is 4.38. The van der Waals surface area contributed by atoms with Crippen molar-refractivity contribution >= 4 is 52.5 Å². The molecule has 0 bridgehead atoms. The molecule has 0 aliphatic heterocycles. The first-order valence-corrected chi connectivity index (χ1v) is 8.37. The summed E-state index contributed by atoms with van der Waals surface area (Å²) in [6, 6.07) is 4.70. The summed E-state index contributed by atoms with van der Waals surface area (Å²) < 4.78 is 22.0. The smallest absolute Gasteiger partial charge is 0.347 e. The van der Waals surface area contributed by atoms with E-state index in [1.54, 1.807) is 0 Å². The fourth-order valence-electron chi connectivity index (χ4n) is 3.15. The van der Waals surface area contributed by atoms with Gasteiger partial charge in [0.1, 0.15) is 0 Å². The number of benzene rings is 2. The zero-order chi connectivity index (χ0) is 18.3. The van der Waals surface area contributed by atoms with Crippen molar-refractivity contribution in [3.8, 4) is 0 Å². The van der Waals surface area contributed by atoms with E-state index in [-0.39, 0.29) is 41.7 Å². The van der Waals surface area contributed by atoms with Gasteiger partial charge in [-0.1, -0.05) is 0 Å². The second kappa shape index (κ2) is 4.59. The minimum atomic E-state index is -1.91. The Hall–Kier alpha value is -3.43. The maximum Gasteiger partial charge on any atom is 0.347 e. The predicted molar refractivity (Wildman–Crippen MR) is 93.4 cm³/mol. The molecule has 0 aliphatic carbocycles. The summed E-state index contributed by atoms with van der Waals surface area (Å²) >= 11 is 0. The topological polar surface area (TPSA) is 135 Å². The number of hydrogen-bond acceptors (Lipinski definition) is 8. The molecule has 0 N–H and O–H groups in total. The summed E-state index contributed by atoms with van der Waals surface area (Å²) in [7, 11) is -1.91. The van der Waals surface area contributed by atoms with Gasteiger partial charge < -0.3 is 13.4 Å². The van der Waals surface area contributed by atoms with Crippen LogP contribution in [-0.2, 0) is 0 Å². The van der Waals surface area contributed by atoms with Gasteiger partial charge in [-0.15, -0.1) is 0 Å². The third-order valence-corrected chi connectivity index (χ3v) is 5.85. The molecule has 0 saturated heterocycles. The highest BCUT2D eigenvalue weighted by Gasteiger charge is 2.22. The molecule has 8 nitrogen and oxygen atoms in total. The average molecular weight is 368 g/mol. The Bertz CT molecular complexity index is 1570. The highest BCUT2D eigenvalue weighted by molar-refractivity contribution is 7.36. The summed E-state index contributed by atoms with van der Waals surface area (Å²) in [4.78, 5) is 59.6. The number of rotatable bonds is 0. The first kappa shape index (κ1) is 14.9. The molecule has 3 heterocycles. The monoisotopic (exact) mass is 368 g/mol. The average Bonchev–Trinajstić information content (AvgIpc) is 3.06. The van der Waals surface area contributed by atoms with E-state index in [0.717, 1.165) is 12.1 Å². The van der Waals surface area contributed by atoms with Gasteiger partial charge in [-0.3, -0.25) is 4.79 Å². The molecule has 0 saturated carbocycles. The second-order valence-corrected chi connectivity index (χ2v) is 7.16. The Morgan fingerprint density at radius 1 is 0.577 bits per heavy atom. The minimum Gasteiger partial charge on any atom is -0.590 e. The van der Waals surface area contributed by atoms with Crippen LogP contribution in [0.15, 0.2) is 57.1 Å². The lowest BCUT2D eigenvalue weighted by atomic mass is 10.1. The van der Waals surface area contributed by atoms with Gasteiger partial charge in [0.2, 0.25) is 5.43 Å². The number of furan rings is 2. The van der Waals surface area contributed by atoms with Crippen molar-refractivity contribution < 1.29 is 13.4 Å². The highest BCUT2D eigenvalue weighted by Crippen LogP contribution is 2.35. The van der Waals surface area contributed by atoms with Crippen molar-refractivity contribution in [3.63, 3.8) is 0 Å². The molecule has 26 heavy (non-hydrogen) atoms. The van der Waals surface area contributed by atoms with Crippen molar-refractivity contribution in [1.29, 1.82) is 0 Å². The quantitative estimate of drug-likeness (QED) is 0.290. The second-order valence-electron chi connectivity index (χ2n) is 5.74. The van der Waals surface area contributed by atoms with Crippen molar-refractivity contribution in [3.05, 3.63) is 76.2 Å². The molecule has 0 spiro atoms. The predicted octanol–water partition coefficient (Wildman–Crippen LogP) is 0.890. The summed E-state index contributed by atoms with van der Waals surface area (Å²) in [5, 5.41) is -0.377. The molecule has 0 fully saturated rings. The van der Waals surface area contributed by atoms with Gasteiger partial charge >= 0.3 is 22.5 Å². The van der Waals surface area contributed by atoms with E-state index in [9.17, 15) is 28.5 Å². The van der Waals surface area contributed by atoms with Gasteiger partial charge in [-0.25, -0.2) is 19.2 Å². The van der Waals surface area contributed by atoms with Gasteiger partial charge in [0.15, 0.2) is 9.40 Å². The van der Waals surface area contributed by atoms with Gasteiger partial charge in [0, 0.05) is 12.1 Å². The third kappa shape index (κ3) is 1.68. The van der Waals surface area contributed by atoms with Crippen molar-refractivity contribution in [2.75, 3.05) is 0 Å². The fourth-order valence-corrected chi connectivity index (χ4v) is 4.54. The van der Waals surface area contributed by atoms with Crippen LogP contribution < -0.4 is 27.9 Å². The molecule has 0 amide bonds. The lowest BCUT2D eigenvalue weighted by Gasteiger charge is -2.03. The van der Waals surface area contributed by atoms with Crippen LogP contribution in [0, 0.1) is 0 Å². The first-order valence-electron chi connectivity index (χ1n) is 7.22. The molecule has 126 valence electrons. The largest absolute Gasteiger partial charge is 0.590 e. The summed E-state index contributed by atoms with van der Waals surface area (Å²) in [5.41, 5.74) is -4.13. The molecule has 0 atom stereocenters. The lowest BCUT2D eigenvalue weighted by Crippen LogP contribution is -2.04. The molecule has 3 aromatic heterocycles. The Labute approximate surface area is 142 Å². The maximum atomic E-state index is 12.9. The number of fused-ring (bicyclic) bond motifs is 4. The maximum absolute atomic E-state index is 12.9. The van der Waals surface area contributed by atoms with Crippen LogP contribution in [0.5, 0.6) is 0 Å². The van der Waals surface area contributed by atoms with E-state index in [4.69, 9.17) is 0 Å². The summed E-state index contributed by atoms with van der Waals surface area (Å²) in [6.45, 7) is 0. The van der Waals surface area contributed by atoms with Crippen molar-refractivity contribution in [1.82, 2.24) is 0 Å². The lowest BCUT2D eigenvalue weighted by molar-refractivity contribution is 0.499. The standard InChI is InChI=1S/C17H4O8S/c18-13-9-1-5-7(16(21)24-14(5)19)3-11(9)26(23)12-4-8-6(2-10(12)13)15(20)25-17(8)22/h1-4H. The molecular weight excluding hydrogens is 364 g/mol. The normalized spacial score (nSPS) is 12.0. The fraction of sp³-hybridized carbons (Fsp3) is 0. The van der Waals surface area contributed by atoms with Crippen LogP contribution >= 0.6 is 10.8 Å². The minimum absolute atomic E-state index is 0.0288. The summed E-state index contributed by atoms with van der Waals surface area (Å²) in [5.74, 6) is 0. The van der Waals surface area contributed by atoms with Crippen LogP contribution in [0.25, 0.3) is 41.7 Å². The Balaban J connectivity index is 2.14. The van der Waals surface area contributed by atoms with E-state index < -0.39 is 38.7 Å².